The Hall–Kier alpha value is -0.810. The quantitative estimate of drug-likeness (QED) is 0.634. The van der Waals surface area contributed by atoms with E-state index in [1.165, 1.54) is 5.56 Å². The minimum absolute atomic E-state index is 0.398. The molecule has 0 heterocycles. The first-order valence-corrected chi connectivity index (χ1v) is 7.03. The number of halogens is 1. The molecule has 1 aliphatic carbocycles. The van der Waals surface area contributed by atoms with Gasteiger partial charge in [-0.25, -0.2) is 0 Å². The molecule has 0 bridgehead atoms. The summed E-state index contributed by atoms with van der Waals surface area (Å²) in [7, 11) is 0. The topological polar surface area (TPSA) is 23.8 Å². The maximum Gasteiger partial charge on any atom is 0.0655 e. The first kappa shape index (κ1) is 16.2. The van der Waals surface area contributed by atoms with Crippen molar-refractivity contribution in [2.45, 2.75) is 40.5 Å². The summed E-state index contributed by atoms with van der Waals surface area (Å²) in [5, 5.41) is 8.25. The van der Waals surface area contributed by atoms with Gasteiger partial charge in [-0.3, -0.25) is 0 Å². The largest absolute Gasteiger partial charge is 0.198 e. The normalized spacial score (nSPS) is 20.7. The Morgan fingerprint density at radius 1 is 1.29 bits per heavy atom. The highest BCUT2D eigenvalue weighted by Gasteiger charge is 2.24. The van der Waals surface area contributed by atoms with Gasteiger partial charge in [-0.1, -0.05) is 54.4 Å². The molecule has 0 aliphatic heterocycles. The molecule has 0 saturated heterocycles. The zero-order valence-corrected chi connectivity index (χ0v) is 12.8. The summed E-state index contributed by atoms with van der Waals surface area (Å²) in [6, 6.07) is 10.4. The molecule has 0 unspecified atom stereocenters. The fourth-order valence-electron chi connectivity index (χ4n) is 1.61. The van der Waals surface area contributed by atoms with Crippen LogP contribution in [0.4, 0.5) is 0 Å². The average molecular weight is 296 g/mol. The van der Waals surface area contributed by atoms with Crippen LogP contribution in [0.3, 0.4) is 0 Å². The molecule has 0 N–H and O–H groups in total. The number of aryl methyl sites for hydroxylation is 1. The summed E-state index contributed by atoms with van der Waals surface area (Å²) in [6.45, 7) is 8.26. The summed E-state index contributed by atoms with van der Waals surface area (Å²) in [6.07, 6.45) is 2.27. The standard InChI is InChI=1S/C7H7Br.C6H9N.C2H6/c1-6-3-2-4-7(8)5-6;1-5-2-6(3-5)4-7;1-2/h2-5H,1H3;5-6H,2-3H2,1H3;1-2H3. The average Bonchev–Trinajstić information content (AvgIpc) is 2.28. The second kappa shape index (κ2) is 9.24. The van der Waals surface area contributed by atoms with Crippen molar-refractivity contribution in [2.75, 3.05) is 0 Å². The van der Waals surface area contributed by atoms with Gasteiger partial charge >= 0.3 is 0 Å². The molecule has 0 radical (unpaired) electrons. The summed E-state index contributed by atoms with van der Waals surface area (Å²) >= 11 is 3.36. The van der Waals surface area contributed by atoms with E-state index in [0.29, 0.717) is 5.92 Å². The van der Waals surface area contributed by atoms with Crippen LogP contribution in [0.5, 0.6) is 0 Å². The van der Waals surface area contributed by atoms with Crippen LogP contribution in [0, 0.1) is 30.1 Å². The van der Waals surface area contributed by atoms with Gasteiger partial charge < -0.3 is 0 Å². The summed E-state index contributed by atoms with van der Waals surface area (Å²) in [4.78, 5) is 0. The lowest BCUT2D eigenvalue weighted by Gasteiger charge is -2.26. The van der Waals surface area contributed by atoms with Gasteiger partial charge in [0.15, 0.2) is 0 Å². The van der Waals surface area contributed by atoms with Crippen LogP contribution in [0.1, 0.15) is 39.2 Å². The first-order valence-electron chi connectivity index (χ1n) is 6.23. The van der Waals surface area contributed by atoms with E-state index in [2.05, 4.69) is 48.0 Å². The van der Waals surface area contributed by atoms with Gasteiger partial charge in [-0.2, -0.15) is 5.26 Å². The minimum Gasteiger partial charge on any atom is -0.198 e. The van der Waals surface area contributed by atoms with Gasteiger partial charge in [0, 0.05) is 10.4 Å². The summed E-state index contributed by atoms with van der Waals surface area (Å²) in [5.74, 6) is 1.22. The van der Waals surface area contributed by atoms with E-state index in [0.717, 1.165) is 23.2 Å². The predicted octanol–water partition coefficient (Wildman–Crippen LogP) is 5.34. The molecule has 1 saturated carbocycles. The molecule has 1 aromatic rings. The molecule has 1 aromatic carbocycles. The zero-order valence-electron chi connectivity index (χ0n) is 11.2. The molecule has 0 aromatic heterocycles. The second-order valence-electron chi connectivity index (χ2n) is 4.20. The monoisotopic (exact) mass is 295 g/mol. The smallest absolute Gasteiger partial charge is 0.0655 e. The highest BCUT2D eigenvalue weighted by Crippen LogP contribution is 2.31. The van der Waals surface area contributed by atoms with Crippen molar-refractivity contribution in [3.63, 3.8) is 0 Å². The fraction of sp³-hybridized carbons (Fsp3) is 0.533. The van der Waals surface area contributed by atoms with Crippen molar-refractivity contribution in [3.05, 3.63) is 34.3 Å². The zero-order chi connectivity index (χ0) is 13.3. The van der Waals surface area contributed by atoms with E-state index in [1.807, 2.05) is 26.0 Å². The number of hydrogen-bond acceptors (Lipinski definition) is 1. The molecule has 1 nitrogen and oxygen atoms in total. The van der Waals surface area contributed by atoms with Gasteiger partial charge in [0.25, 0.3) is 0 Å². The number of nitrogens with zero attached hydrogens (tertiary/aromatic N) is 1. The summed E-state index contributed by atoms with van der Waals surface area (Å²) in [5.41, 5.74) is 1.29. The maximum atomic E-state index is 8.25. The van der Waals surface area contributed by atoms with Crippen molar-refractivity contribution in [1.29, 1.82) is 5.26 Å². The van der Waals surface area contributed by atoms with Crippen LogP contribution in [0.2, 0.25) is 0 Å². The van der Waals surface area contributed by atoms with E-state index in [4.69, 9.17) is 5.26 Å². The SMILES string of the molecule is CC.CC1CC(C#N)C1.Cc1cccc(Br)c1. The number of hydrogen-bond donors (Lipinski definition) is 0. The molecule has 17 heavy (non-hydrogen) atoms. The number of nitriles is 1. The van der Waals surface area contributed by atoms with E-state index >= 15 is 0 Å². The predicted molar refractivity (Wildman–Crippen MR) is 77.7 cm³/mol. The van der Waals surface area contributed by atoms with E-state index in [-0.39, 0.29) is 0 Å². The molecule has 0 spiro atoms. The maximum absolute atomic E-state index is 8.25. The van der Waals surface area contributed by atoms with E-state index in [1.54, 1.807) is 0 Å². The third kappa shape index (κ3) is 7.18. The third-order valence-corrected chi connectivity index (χ3v) is 3.03. The number of rotatable bonds is 0. The van der Waals surface area contributed by atoms with Gasteiger partial charge in [-0.15, -0.1) is 0 Å². The fourth-order valence-corrected chi connectivity index (χ4v) is 2.13. The van der Waals surface area contributed by atoms with Crippen LogP contribution in [-0.2, 0) is 0 Å². The van der Waals surface area contributed by atoms with Gasteiger partial charge in [0.2, 0.25) is 0 Å². The van der Waals surface area contributed by atoms with Crippen molar-refractivity contribution >= 4 is 15.9 Å². The highest BCUT2D eigenvalue weighted by molar-refractivity contribution is 9.10. The minimum atomic E-state index is 0.398. The van der Waals surface area contributed by atoms with Gasteiger partial charge in [-0.05, 0) is 37.8 Å². The Kier molecular flexibility index (Phi) is 8.80. The van der Waals surface area contributed by atoms with Crippen molar-refractivity contribution in [2.24, 2.45) is 11.8 Å². The van der Waals surface area contributed by atoms with Crippen LogP contribution >= 0.6 is 15.9 Å². The Balaban J connectivity index is 0.000000265. The van der Waals surface area contributed by atoms with E-state index in [9.17, 15) is 0 Å². The van der Waals surface area contributed by atoms with Crippen LogP contribution in [-0.4, -0.2) is 0 Å². The lowest BCUT2D eigenvalue weighted by molar-refractivity contribution is 0.270. The molecule has 1 aliphatic rings. The highest BCUT2D eigenvalue weighted by atomic mass is 79.9. The van der Waals surface area contributed by atoms with Crippen LogP contribution in [0.25, 0.3) is 0 Å². The van der Waals surface area contributed by atoms with Gasteiger partial charge in [0.05, 0.1) is 6.07 Å². The number of benzene rings is 1. The Bertz CT molecular complexity index is 331. The Morgan fingerprint density at radius 3 is 2.12 bits per heavy atom. The van der Waals surface area contributed by atoms with Crippen LogP contribution < -0.4 is 0 Å². The molecule has 2 rings (SSSR count). The van der Waals surface area contributed by atoms with Crippen molar-refractivity contribution in [3.8, 4) is 6.07 Å². The summed E-state index contributed by atoms with van der Waals surface area (Å²) < 4.78 is 1.15. The van der Waals surface area contributed by atoms with Crippen molar-refractivity contribution in [1.82, 2.24) is 0 Å². The van der Waals surface area contributed by atoms with Gasteiger partial charge in [0.1, 0.15) is 0 Å². The van der Waals surface area contributed by atoms with Crippen molar-refractivity contribution < 1.29 is 0 Å². The second-order valence-corrected chi connectivity index (χ2v) is 5.12. The Labute approximate surface area is 114 Å². The molecule has 94 valence electrons. The molecule has 0 atom stereocenters. The molecular formula is C15H22BrN. The lowest BCUT2D eigenvalue weighted by Crippen LogP contribution is -2.18. The van der Waals surface area contributed by atoms with E-state index < -0.39 is 0 Å². The Morgan fingerprint density at radius 2 is 1.88 bits per heavy atom. The lowest BCUT2D eigenvalue weighted by atomic mass is 9.77. The molecular weight excluding hydrogens is 274 g/mol. The molecule has 0 amide bonds. The van der Waals surface area contributed by atoms with Crippen LogP contribution in [0.15, 0.2) is 28.7 Å². The molecule has 1 fully saturated rings. The molecule has 2 heteroatoms. The third-order valence-electron chi connectivity index (χ3n) is 2.54. The first-order chi connectivity index (χ1) is 8.11.